The van der Waals surface area contributed by atoms with Gasteiger partial charge in [-0.25, -0.2) is 9.59 Å². The van der Waals surface area contributed by atoms with E-state index in [1.807, 2.05) is 24.5 Å². The molecule has 3 rings (SSSR count). The van der Waals surface area contributed by atoms with Crippen LogP contribution in [0.3, 0.4) is 0 Å². The molecule has 7 nitrogen and oxygen atoms in total. The Balaban J connectivity index is 1.35. The van der Waals surface area contributed by atoms with Crippen molar-refractivity contribution in [1.29, 1.82) is 0 Å². The van der Waals surface area contributed by atoms with Crippen molar-refractivity contribution in [3.63, 3.8) is 0 Å². The number of hydrogen-bond acceptors (Lipinski definition) is 4. The summed E-state index contributed by atoms with van der Waals surface area (Å²) in [4.78, 5) is 29.2. The van der Waals surface area contributed by atoms with Crippen molar-refractivity contribution in [2.24, 2.45) is 5.92 Å². The van der Waals surface area contributed by atoms with Crippen LogP contribution in [0.25, 0.3) is 0 Å². The van der Waals surface area contributed by atoms with Crippen LogP contribution < -0.4 is 15.5 Å². The molecule has 3 N–H and O–H groups in total. The number of pyridine rings is 1. The normalized spacial score (nSPS) is 14.6. The summed E-state index contributed by atoms with van der Waals surface area (Å²) in [5.41, 5.74) is 2.30. The van der Waals surface area contributed by atoms with Crippen LogP contribution in [0.15, 0.2) is 48.8 Å². The topological polar surface area (TPSA) is 94.6 Å². The van der Waals surface area contributed by atoms with Gasteiger partial charge in [0, 0.05) is 44.3 Å². The number of urea groups is 1. The average Bonchev–Trinajstić information content (AvgIpc) is 2.72. The van der Waals surface area contributed by atoms with E-state index < -0.39 is 5.97 Å². The number of anilines is 1. The highest BCUT2D eigenvalue weighted by Crippen LogP contribution is 2.22. The van der Waals surface area contributed by atoms with Gasteiger partial charge in [-0.05, 0) is 48.6 Å². The lowest BCUT2D eigenvalue weighted by Gasteiger charge is -2.33. The van der Waals surface area contributed by atoms with Crippen molar-refractivity contribution in [2.45, 2.75) is 19.4 Å². The molecule has 27 heavy (non-hydrogen) atoms. The number of piperidine rings is 1. The lowest BCUT2D eigenvalue weighted by Crippen LogP contribution is -2.41. The van der Waals surface area contributed by atoms with Crippen LogP contribution in [-0.4, -0.2) is 41.7 Å². The SMILES string of the molecule is O=C(NCc1ccc(C(=O)O)cc1)NCC1CCN(c2ccncc2)CC1. The van der Waals surface area contributed by atoms with E-state index in [0.717, 1.165) is 31.5 Å². The van der Waals surface area contributed by atoms with Crippen molar-refractivity contribution < 1.29 is 14.7 Å². The van der Waals surface area contributed by atoms with E-state index >= 15 is 0 Å². The number of rotatable bonds is 6. The maximum absolute atomic E-state index is 12.0. The number of amides is 2. The number of carbonyl (C=O) groups excluding carboxylic acids is 1. The zero-order valence-electron chi connectivity index (χ0n) is 15.1. The number of aromatic carboxylic acids is 1. The minimum Gasteiger partial charge on any atom is -0.478 e. The van der Waals surface area contributed by atoms with Crippen LogP contribution >= 0.6 is 0 Å². The fourth-order valence-electron chi connectivity index (χ4n) is 3.20. The van der Waals surface area contributed by atoms with Crippen molar-refractivity contribution in [1.82, 2.24) is 15.6 Å². The molecule has 2 heterocycles. The van der Waals surface area contributed by atoms with Crippen molar-refractivity contribution in [3.8, 4) is 0 Å². The average molecular weight is 368 g/mol. The summed E-state index contributed by atoms with van der Waals surface area (Å²) in [6.07, 6.45) is 5.70. The molecule has 1 saturated heterocycles. The molecule has 2 amide bonds. The van der Waals surface area contributed by atoms with Gasteiger partial charge in [0.2, 0.25) is 0 Å². The summed E-state index contributed by atoms with van der Waals surface area (Å²) < 4.78 is 0. The number of carbonyl (C=O) groups is 2. The Morgan fingerprint density at radius 1 is 1.04 bits per heavy atom. The summed E-state index contributed by atoms with van der Waals surface area (Å²) in [5, 5.41) is 14.6. The number of carboxylic acids is 1. The van der Waals surface area contributed by atoms with Crippen LogP contribution in [0, 0.1) is 5.92 Å². The summed E-state index contributed by atoms with van der Waals surface area (Å²) in [6.45, 7) is 2.99. The Hall–Kier alpha value is -3.09. The molecule has 1 fully saturated rings. The van der Waals surface area contributed by atoms with Gasteiger partial charge in [-0.2, -0.15) is 0 Å². The highest BCUT2D eigenvalue weighted by molar-refractivity contribution is 5.87. The molecule has 0 atom stereocenters. The van der Waals surface area contributed by atoms with Gasteiger partial charge in [0.05, 0.1) is 5.56 Å². The Morgan fingerprint density at radius 3 is 2.33 bits per heavy atom. The lowest BCUT2D eigenvalue weighted by molar-refractivity contribution is 0.0697. The van der Waals surface area contributed by atoms with Gasteiger partial charge in [0.25, 0.3) is 0 Å². The zero-order valence-corrected chi connectivity index (χ0v) is 15.1. The Bertz CT molecular complexity index is 757. The fraction of sp³-hybridized carbons (Fsp3) is 0.350. The standard InChI is InChI=1S/C20H24N4O3/c25-19(26)17-3-1-15(2-4-17)13-22-20(27)23-14-16-7-11-24(12-8-16)18-5-9-21-10-6-18/h1-6,9-10,16H,7-8,11-14H2,(H,25,26)(H2,22,23,27). The number of aromatic nitrogens is 1. The first kappa shape index (κ1) is 18.7. The van der Waals surface area contributed by atoms with Gasteiger partial charge in [-0.15, -0.1) is 0 Å². The van der Waals surface area contributed by atoms with E-state index in [9.17, 15) is 9.59 Å². The number of nitrogens with zero attached hydrogens (tertiary/aromatic N) is 2. The van der Waals surface area contributed by atoms with E-state index in [2.05, 4.69) is 20.5 Å². The van der Waals surface area contributed by atoms with Crippen molar-refractivity contribution in [2.75, 3.05) is 24.5 Å². The van der Waals surface area contributed by atoms with Gasteiger partial charge in [0.15, 0.2) is 0 Å². The molecule has 0 aliphatic carbocycles. The summed E-state index contributed by atoms with van der Waals surface area (Å²) in [7, 11) is 0. The number of benzene rings is 1. The predicted molar refractivity (Wildman–Crippen MR) is 103 cm³/mol. The molecule has 1 aromatic carbocycles. The third kappa shape index (κ3) is 5.44. The smallest absolute Gasteiger partial charge is 0.335 e. The third-order valence-electron chi connectivity index (χ3n) is 4.85. The van der Waals surface area contributed by atoms with E-state index in [1.54, 1.807) is 12.1 Å². The van der Waals surface area contributed by atoms with Crippen molar-refractivity contribution >= 4 is 17.7 Å². The highest BCUT2D eigenvalue weighted by atomic mass is 16.4. The van der Waals surface area contributed by atoms with Gasteiger partial charge in [-0.1, -0.05) is 12.1 Å². The largest absolute Gasteiger partial charge is 0.478 e. The van der Waals surface area contributed by atoms with E-state index in [-0.39, 0.29) is 11.6 Å². The predicted octanol–water partition coefficient (Wildman–Crippen LogP) is 2.50. The molecule has 0 bridgehead atoms. The molecular weight excluding hydrogens is 344 g/mol. The molecule has 0 radical (unpaired) electrons. The number of hydrogen-bond donors (Lipinski definition) is 3. The van der Waals surface area contributed by atoms with Crippen LogP contribution in [0.2, 0.25) is 0 Å². The van der Waals surface area contributed by atoms with E-state index in [1.165, 1.54) is 17.8 Å². The molecule has 0 unspecified atom stereocenters. The second-order valence-corrected chi connectivity index (χ2v) is 6.70. The minimum absolute atomic E-state index is 0.200. The van der Waals surface area contributed by atoms with Crippen LogP contribution in [0.4, 0.5) is 10.5 Å². The van der Waals surface area contributed by atoms with Crippen LogP contribution in [-0.2, 0) is 6.54 Å². The maximum Gasteiger partial charge on any atom is 0.335 e. The Morgan fingerprint density at radius 2 is 1.70 bits per heavy atom. The maximum atomic E-state index is 12.0. The van der Waals surface area contributed by atoms with Crippen LogP contribution in [0.1, 0.15) is 28.8 Å². The minimum atomic E-state index is -0.956. The molecule has 0 spiro atoms. The fourth-order valence-corrected chi connectivity index (χ4v) is 3.20. The Kier molecular flexibility index (Phi) is 6.25. The second-order valence-electron chi connectivity index (χ2n) is 6.70. The monoisotopic (exact) mass is 368 g/mol. The van der Waals surface area contributed by atoms with Gasteiger partial charge in [0.1, 0.15) is 0 Å². The van der Waals surface area contributed by atoms with Gasteiger partial charge < -0.3 is 20.6 Å². The first-order valence-electron chi connectivity index (χ1n) is 9.11. The van der Waals surface area contributed by atoms with E-state index in [0.29, 0.717) is 19.0 Å². The number of nitrogens with one attached hydrogen (secondary N) is 2. The first-order chi connectivity index (χ1) is 13.1. The van der Waals surface area contributed by atoms with Gasteiger partial charge in [-0.3, -0.25) is 4.98 Å². The zero-order chi connectivity index (χ0) is 19.1. The molecular formula is C20H24N4O3. The molecule has 1 aliphatic rings. The number of carboxylic acid groups (broad SMARTS) is 1. The summed E-state index contributed by atoms with van der Waals surface area (Å²) in [5.74, 6) is -0.481. The molecule has 1 aliphatic heterocycles. The summed E-state index contributed by atoms with van der Waals surface area (Å²) >= 11 is 0. The molecule has 2 aromatic rings. The van der Waals surface area contributed by atoms with E-state index in [4.69, 9.17) is 5.11 Å². The summed E-state index contributed by atoms with van der Waals surface area (Å²) in [6, 6.07) is 10.3. The van der Waals surface area contributed by atoms with Crippen LogP contribution in [0.5, 0.6) is 0 Å². The second kappa shape index (κ2) is 9.02. The molecule has 1 aromatic heterocycles. The molecule has 0 saturated carbocycles. The molecule has 142 valence electrons. The van der Waals surface area contributed by atoms with Gasteiger partial charge >= 0.3 is 12.0 Å². The first-order valence-corrected chi connectivity index (χ1v) is 9.11. The highest BCUT2D eigenvalue weighted by Gasteiger charge is 2.19. The van der Waals surface area contributed by atoms with Crippen molar-refractivity contribution in [3.05, 3.63) is 59.9 Å². The lowest BCUT2D eigenvalue weighted by atomic mass is 9.96. The Labute approximate surface area is 158 Å². The third-order valence-corrected chi connectivity index (χ3v) is 4.85. The quantitative estimate of drug-likeness (QED) is 0.728. The molecule has 7 heteroatoms.